The van der Waals surface area contributed by atoms with E-state index in [0.29, 0.717) is 10.5 Å². The van der Waals surface area contributed by atoms with E-state index in [1.165, 1.54) is 12.1 Å². The Morgan fingerprint density at radius 1 is 0.829 bits per heavy atom. The Hall–Kier alpha value is -3.58. The molecule has 0 fully saturated rings. The molecule has 0 aromatic heterocycles. The minimum atomic E-state index is -4.97. The molecule has 0 aliphatic rings. The molecule has 0 bridgehead atoms. The molecule has 0 spiro atoms. The van der Waals surface area contributed by atoms with E-state index in [-0.39, 0.29) is 5.56 Å². The molecule has 0 atom stereocenters. The third-order valence-corrected chi connectivity index (χ3v) is 6.93. The van der Waals surface area contributed by atoms with E-state index in [9.17, 15) is 45.1 Å². The number of allylic oxidation sites excluding steroid dienone is 1. The SMILES string of the molecule is O=C(O)c1cc(/C=C(\C(=O)c2c(F)c(F)c(F)c(F)c2F)S(=O)(=O)c2ccc(Br)cc2)ccc1O. The molecule has 13 heteroatoms. The highest BCUT2D eigenvalue weighted by Crippen LogP contribution is 2.31. The van der Waals surface area contributed by atoms with E-state index in [2.05, 4.69) is 15.9 Å². The number of aromatic hydroxyl groups is 1. The quantitative estimate of drug-likeness (QED) is 0.136. The zero-order valence-corrected chi connectivity index (χ0v) is 19.2. The van der Waals surface area contributed by atoms with Gasteiger partial charge in [-0.15, -0.1) is 0 Å². The van der Waals surface area contributed by atoms with E-state index in [4.69, 9.17) is 5.11 Å². The van der Waals surface area contributed by atoms with Crippen molar-refractivity contribution in [1.29, 1.82) is 0 Å². The van der Waals surface area contributed by atoms with E-state index in [0.717, 1.165) is 30.3 Å². The Morgan fingerprint density at radius 2 is 1.34 bits per heavy atom. The Labute approximate surface area is 202 Å². The van der Waals surface area contributed by atoms with Gasteiger partial charge in [0, 0.05) is 4.47 Å². The summed E-state index contributed by atoms with van der Waals surface area (Å²) in [5, 5.41) is 18.8. The lowest BCUT2D eigenvalue weighted by Gasteiger charge is -2.12. The number of carbonyl (C=O) groups excluding carboxylic acids is 1. The lowest BCUT2D eigenvalue weighted by Crippen LogP contribution is -2.19. The van der Waals surface area contributed by atoms with Crippen molar-refractivity contribution in [3.05, 3.63) is 97.6 Å². The Kier molecular flexibility index (Phi) is 7.13. The summed E-state index contributed by atoms with van der Waals surface area (Å²) >= 11 is 3.07. The molecule has 182 valence electrons. The van der Waals surface area contributed by atoms with Crippen LogP contribution in [0.1, 0.15) is 26.3 Å². The average molecular weight is 577 g/mol. The van der Waals surface area contributed by atoms with Crippen LogP contribution in [0.2, 0.25) is 0 Å². The van der Waals surface area contributed by atoms with Gasteiger partial charge < -0.3 is 10.2 Å². The first-order valence-electron chi connectivity index (χ1n) is 9.12. The first-order chi connectivity index (χ1) is 16.3. The number of Topliss-reactive ketones (excluding diaryl/α,β-unsaturated/α-hetero) is 1. The topological polar surface area (TPSA) is 109 Å². The van der Waals surface area contributed by atoms with Gasteiger partial charge in [-0.1, -0.05) is 22.0 Å². The summed E-state index contributed by atoms with van der Waals surface area (Å²) < 4.78 is 96.4. The van der Waals surface area contributed by atoms with Gasteiger partial charge >= 0.3 is 5.97 Å². The van der Waals surface area contributed by atoms with Crippen molar-refractivity contribution in [2.75, 3.05) is 0 Å². The fraction of sp³-hybridized carbons (Fsp3) is 0. The molecule has 3 rings (SSSR count). The molecule has 3 aromatic carbocycles. The van der Waals surface area contributed by atoms with Crippen molar-refractivity contribution in [2.24, 2.45) is 0 Å². The monoisotopic (exact) mass is 576 g/mol. The number of hydrogen-bond acceptors (Lipinski definition) is 5. The summed E-state index contributed by atoms with van der Waals surface area (Å²) in [5.41, 5.74) is -3.10. The number of phenols is 1. The number of carboxylic acid groups (broad SMARTS) is 1. The van der Waals surface area contributed by atoms with Gasteiger partial charge in [-0.25, -0.2) is 35.2 Å². The normalized spacial score (nSPS) is 12.0. The maximum Gasteiger partial charge on any atom is 0.339 e. The van der Waals surface area contributed by atoms with Crippen LogP contribution in [0.4, 0.5) is 22.0 Å². The molecule has 0 saturated carbocycles. The fourth-order valence-corrected chi connectivity index (χ4v) is 4.55. The first kappa shape index (κ1) is 26.0. The first-order valence-corrected chi connectivity index (χ1v) is 11.4. The molecule has 2 N–H and O–H groups in total. The van der Waals surface area contributed by atoms with E-state index in [1.807, 2.05) is 0 Å². The van der Waals surface area contributed by atoms with Crippen LogP contribution in [-0.2, 0) is 9.84 Å². The molecular formula is C22H10BrF5O6S. The highest BCUT2D eigenvalue weighted by Gasteiger charge is 2.36. The lowest BCUT2D eigenvalue weighted by atomic mass is 10.0. The van der Waals surface area contributed by atoms with Gasteiger partial charge in [0.1, 0.15) is 21.8 Å². The summed E-state index contributed by atoms with van der Waals surface area (Å²) in [6.45, 7) is 0. The summed E-state index contributed by atoms with van der Waals surface area (Å²) in [5.74, 6) is -17.0. The van der Waals surface area contributed by atoms with Gasteiger partial charge in [0.05, 0.1) is 4.90 Å². The Bertz CT molecular complexity index is 1490. The summed E-state index contributed by atoms with van der Waals surface area (Å²) in [4.78, 5) is 22.3. The van der Waals surface area contributed by atoms with Gasteiger partial charge in [-0.3, -0.25) is 4.79 Å². The van der Waals surface area contributed by atoms with Crippen molar-refractivity contribution in [2.45, 2.75) is 4.90 Å². The molecule has 0 aliphatic carbocycles. The predicted octanol–water partition coefficient (Wildman–Crippen LogP) is 5.25. The van der Waals surface area contributed by atoms with Crippen molar-refractivity contribution < 1.29 is 50.2 Å². The number of hydrogen-bond donors (Lipinski definition) is 2. The molecule has 0 unspecified atom stereocenters. The standard InChI is InChI=1S/C22H10BrF5O6S/c23-10-2-4-11(5-3-10)35(33,34)14(8-9-1-6-13(29)12(7-9)22(31)32)21(30)15-16(24)18(26)20(28)19(27)17(15)25/h1-8,29H,(H,31,32)/b14-8+. The van der Waals surface area contributed by atoms with Gasteiger partial charge in [-0.2, -0.15) is 0 Å². The highest BCUT2D eigenvalue weighted by molar-refractivity contribution is 9.10. The number of halogens is 6. The minimum Gasteiger partial charge on any atom is -0.507 e. The number of rotatable bonds is 6. The zero-order valence-electron chi connectivity index (χ0n) is 16.8. The molecular weight excluding hydrogens is 567 g/mol. The van der Waals surface area contributed by atoms with Crippen LogP contribution in [0.15, 0.2) is 56.7 Å². The zero-order chi connectivity index (χ0) is 26.2. The van der Waals surface area contributed by atoms with Crippen molar-refractivity contribution >= 4 is 43.6 Å². The second-order valence-corrected chi connectivity index (χ2v) is 9.66. The predicted molar refractivity (Wildman–Crippen MR) is 115 cm³/mol. The minimum absolute atomic E-state index is 0.354. The van der Waals surface area contributed by atoms with Crippen LogP contribution in [-0.4, -0.2) is 30.4 Å². The second kappa shape index (κ2) is 9.58. The van der Waals surface area contributed by atoms with E-state index < -0.39 is 77.4 Å². The average Bonchev–Trinajstić information content (AvgIpc) is 2.80. The van der Waals surface area contributed by atoms with Gasteiger partial charge in [0.25, 0.3) is 0 Å². The molecule has 0 amide bonds. The molecule has 0 aliphatic heterocycles. The molecule has 0 heterocycles. The number of ketones is 1. The van der Waals surface area contributed by atoms with E-state index in [1.54, 1.807) is 0 Å². The summed E-state index contributed by atoms with van der Waals surface area (Å²) in [6, 6.07) is 7.03. The van der Waals surface area contributed by atoms with Crippen LogP contribution in [0.5, 0.6) is 5.75 Å². The smallest absolute Gasteiger partial charge is 0.339 e. The highest BCUT2D eigenvalue weighted by atomic mass is 79.9. The molecule has 3 aromatic rings. The van der Waals surface area contributed by atoms with Crippen LogP contribution < -0.4 is 0 Å². The fourth-order valence-electron chi connectivity index (χ4n) is 2.90. The van der Waals surface area contributed by atoms with Crippen LogP contribution in [0.25, 0.3) is 6.08 Å². The largest absolute Gasteiger partial charge is 0.507 e. The summed E-state index contributed by atoms with van der Waals surface area (Å²) in [7, 11) is -4.97. The summed E-state index contributed by atoms with van der Waals surface area (Å²) in [6.07, 6.45) is 0.490. The molecule has 35 heavy (non-hydrogen) atoms. The van der Waals surface area contributed by atoms with Crippen LogP contribution in [0, 0.1) is 29.1 Å². The van der Waals surface area contributed by atoms with Gasteiger partial charge in [-0.05, 0) is 48.0 Å². The lowest BCUT2D eigenvalue weighted by molar-refractivity contribution is 0.0693. The van der Waals surface area contributed by atoms with Crippen LogP contribution >= 0.6 is 15.9 Å². The molecule has 0 saturated heterocycles. The van der Waals surface area contributed by atoms with Crippen molar-refractivity contribution in [3.8, 4) is 5.75 Å². The maximum atomic E-state index is 14.3. The number of carboxylic acids is 1. The van der Waals surface area contributed by atoms with Gasteiger partial charge in [0.2, 0.25) is 21.4 Å². The van der Waals surface area contributed by atoms with Crippen molar-refractivity contribution in [1.82, 2.24) is 0 Å². The van der Waals surface area contributed by atoms with Gasteiger partial charge in [0.15, 0.2) is 23.3 Å². The third-order valence-electron chi connectivity index (χ3n) is 4.62. The van der Waals surface area contributed by atoms with Crippen LogP contribution in [0.3, 0.4) is 0 Å². The second-order valence-electron chi connectivity index (χ2n) is 6.82. The van der Waals surface area contributed by atoms with E-state index >= 15 is 0 Å². The number of benzene rings is 3. The number of sulfone groups is 1. The maximum absolute atomic E-state index is 14.3. The Balaban J connectivity index is 2.35. The molecule has 0 radical (unpaired) electrons. The molecule has 6 nitrogen and oxygen atoms in total. The third kappa shape index (κ3) is 4.82. The Morgan fingerprint density at radius 3 is 1.86 bits per heavy atom. The van der Waals surface area contributed by atoms with Crippen molar-refractivity contribution in [3.63, 3.8) is 0 Å². The number of carbonyl (C=O) groups is 2. The number of aromatic carboxylic acids is 1.